The molecule has 0 fully saturated rings. The Labute approximate surface area is 330 Å². The van der Waals surface area contributed by atoms with E-state index in [-0.39, 0.29) is 12.8 Å². The van der Waals surface area contributed by atoms with Crippen LogP contribution in [0.2, 0.25) is 0 Å². The zero-order chi connectivity index (χ0) is 40.5. The summed E-state index contributed by atoms with van der Waals surface area (Å²) in [5.74, 6) is -3.57. The molecule has 54 heavy (non-hydrogen) atoms. The van der Waals surface area contributed by atoms with Gasteiger partial charge in [0.25, 0.3) is 0 Å². The molecular formula is C45H82O9. The fourth-order valence-corrected chi connectivity index (χ4v) is 6.63. The lowest BCUT2D eigenvalue weighted by atomic mass is 9.95. The summed E-state index contributed by atoms with van der Waals surface area (Å²) in [5, 5.41) is 11.1. The van der Waals surface area contributed by atoms with Gasteiger partial charge >= 0.3 is 29.8 Å². The van der Waals surface area contributed by atoms with Crippen LogP contribution in [0.4, 0.5) is 0 Å². The van der Waals surface area contributed by atoms with Crippen LogP contribution in [-0.2, 0) is 38.2 Å². The van der Waals surface area contributed by atoms with Crippen LogP contribution >= 0.6 is 0 Å². The van der Waals surface area contributed by atoms with E-state index in [1.165, 1.54) is 109 Å². The van der Waals surface area contributed by atoms with Gasteiger partial charge in [0, 0.05) is 12.8 Å². The van der Waals surface area contributed by atoms with Crippen LogP contribution in [-0.4, -0.2) is 46.7 Å². The minimum Gasteiger partial charge on any atom is -0.463 e. The predicted molar refractivity (Wildman–Crippen MR) is 217 cm³/mol. The molecule has 9 nitrogen and oxygen atoms in total. The fourth-order valence-electron chi connectivity index (χ4n) is 6.63. The molecule has 0 aromatic carbocycles. The summed E-state index contributed by atoms with van der Waals surface area (Å²) in [6.45, 7) is 12.3. The number of ether oxygens (including phenoxy) is 3. The maximum Gasteiger partial charge on any atom is 0.346 e. The van der Waals surface area contributed by atoms with Crippen molar-refractivity contribution in [1.29, 1.82) is 0 Å². The first-order valence-electron chi connectivity index (χ1n) is 22.2. The monoisotopic (exact) mass is 767 g/mol. The van der Waals surface area contributed by atoms with Gasteiger partial charge in [-0.3, -0.25) is 19.2 Å². The van der Waals surface area contributed by atoms with E-state index in [2.05, 4.69) is 27.7 Å². The predicted octanol–water partition coefficient (Wildman–Crippen LogP) is 11.8. The molecule has 9 heteroatoms. The summed E-state index contributed by atoms with van der Waals surface area (Å²) in [6.07, 6.45) is 27.5. The van der Waals surface area contributed by atoms with Crippen molar-refractivity contribution < 1.29 is 43.3 Å². The summed E-state index contributed by atoms with van der Waals surface area (Å²) in [5.41, 5.74) is -2.71. The van der Waals surface area contributed by atoms with Gasteiger partial charge in [-0.25, -0.2) is 4.79 Å². The molecule has 0 aromatic heterocycles. The Morgan fingerprint density at radius 2 is 0.704 bits per heavy atom. The summed E-state index contributed by atoms with van der Waals surface area (Å²) < 4.78 is 14.8. The zero-order valence-corrected chi connectivity index (χ0v) is 35.7. The van der Waals surface area contributed by atoms with Gasteiger partial charge in [0.1, 0.15) is 0 Å². The first-order chi connectivity index (χ1) is 25.7. The molecule has 316 valence electrons. The van der Waals surface area contributed by atoms with E-state index in [1.54, 1.807) is 13.8 Å². The maximum absolute atomic E-state index is 12.9. The van der Waals surface area contributed by atoms with Crippen molar-refractivity contribution in [3.8, 4) is 0 Å². The van der Waals surface area contributed by atoms with Crippen molar-refractivity contribution in [2.45, 2.75) is 246 Å². The highest BCUT2D eigenvalue weighted by Crippen LogP contribution is 2.22. The zero-order valence-electron chi connectivity index (χ0n) is 35.7. The number of aliphatic hydroxyl groups is 1. The van der Waals surface area contributed by atoms with E-state index in [0.29, 0.717) is 12.8 Å². The van der Waals surface area contributed by atoms with Gasteiger partial charge in [-0.1, -0.05) is 182 Å². The fraction of sp³-hybridized carbons (Fsp3) is 0.889. The Kier molecular flexibility index (Phi) is 32.6. The van der Waals surface area contributed by atoms with E-state index in [0.717, 1.165) is 56.8 Å². The Morgan fingerprint density at radius 3 is 1.04 bits per heavy atom. The Bertz CT molecular complexity index is 990. The SMILES string of the molecule is CC(C)CCCCCCCCCCCCCCC(=O)OC(=O)CC(O)(CC(=O)OC(C)C)C(=O)OC(=O)CCCCCCCCCCCCCCC(C)C. The number of carbonyl (C=O) groups is 5. The topological polar surface area (TPSA) is 133 Å². The molecule has 0 aliphatic heterocycles. The van der Waals surface area contributed by atoms with Crippen molar-refractivity contribution in [2.24, 2.45) is 11.8 Å². The lowest BCUT2D eigenvalue weighted by molar-refractivity contribution is -0.184. The molecule has 0 amide bonds. The average molecular weight is 767 g/mol. The van der Waals surface area contributed by atoms with Crippen LogP contribution in [0.5, 0.6) is 0 Å². The highest BCUT2D eigenvalue weighted by atomic mass is 16.6. The van der Waals surface area contributed by atoms with Crippen molar-refractivity contribution in [2.75, 3.05) is 0 Å². The molecule has 0 heterocycles. The van der Waals surface area contributed by atoms with E-state index >= 15 is 0 Å². The Morgan fingerprint density at radius 1 is 0.407 bits per heavy atom. The molecule has 0 bridgehead atoms. The third kappa shape index (κ3) is 33.1. The van der Waals surface area contributed by atoms with Crippen molar-refractivity contribution in [3.05, 3.63) is 0 Å². The summed E-state index contributed by atoms with van der Waals surface area (Å²) in [6, 6.07) is 0. The summed E-state index contributed by atoms with van der Waals surface area (Å²) in [7, 11) is 0. The van der Waals surface area contributed by atoms with Gasteiger partial charge in [0.15, 0.2) is 5.60 Å². The van der Waals surface area contributed by atoms with Crippen LogP contribution in [0.15, 0.2) is 0 Å². The minimum absolute atomic E-state index is 0.0258. The molecule has 0 rings (SSSR count). The lowest BCUT2D eigenvalue weighted by Crippen LogP contribution is -2.46. The number of hydrogen-bond donors (Lipinski definition) is 1. The molecule has 1 N–H and O–H groups in total. The van der Waals surface area contributed by atoms with E-state index in [1.807, 2.05) is 0 Å². The first-order valence-corrected chi connectivity index (χ1v) is 22.2. The van der Waals surface area contributed by atoms with Gasteiger partial charge in [-0.2, -0.15) is 0 Å². The molecule has 0 aliphatic rings. The second-order valence-electron chi connectivity index (χ2n) is 16.9. The van der Waals surface area contributed by atoms with E-state index in [9.17, 15) is 29.1 Å². The lowest BCUT2D eigenvalue weighted by Gasteiger charge is -2.24. The van der Waals surface area contributed by atoms with Gasteiger partial charge in [-0.15, -0.1) is 0 Å². The molecule has 0 saturated heterocycles. The normalized spacial score (nSPS) is 12.6. The largest absolute Gasteiger partial charge is 0.463 e. The smallest absolute Gasteiger partial charge is 0.346 e. The number of rotatable bonds is 36. The highest BCUT2D eigenvalue weighted by molar-refractivity contribution is 5.96. The molecule has 0 aliphatic carbocycles. The first kappa shape index (κ1) is 51.7. The molecule has 1 atom stereocenters. The molecule has 0 aromatic rings. The van der Waals surface area contributed by atoms with Crippen LogP contribution in [0.25, 0.3) is 0 Å². The summed E-state index contributed by atoms with van der Waals surface area (Å²) >= 11 is 0. The van der Waals surface area contributed by atoms with Gasteiger partial charge < -0.3 is 19.3 Å². The Hall–Kier alpha value is -2.29. The van der Waals surface area contributed by atoms with Gasteiger partial charge in [0.05, 0.1) is 18.9 Å². The van der Waals surface area contributed by atoms with Crippen LogP contribution in [0, 0.1) is 11.8 Å². The van der Waals surface area contributed by atoms with E-state index < -0.39 is 54.4 Å². The average Bonchev–Trinajstić information content (AvgIpc) is 3.07. The number of unbranched alkanes of at least 4 members (excludes halogenated alkanes) is 22. The van der Waals surface area contributed by atoms with Crippen LogP contribution in [0.1, 0.15) is 234 Å². The molecule has 1 unspecified atom stereocenters. The molecule has 0 spiro atoms. The quantitative estimate of drug-likeness (QED) is 0.0286. The second kappa shape index (κ2) is 34.0. The van der Waals surface area contributed by atoms with Crippen LogP contribution < -0.4 is 0 Å². The molecule has 0 radical (unpaired) electrons. The Balaban J connectivity index is 4.35. The maximum atomic E-state index is 12.9. The molecule has 0 saturated carbocycles. The number of carbonyl (C=O) groups excluding carboxylic acids is 5. The minimum atomic E-state index is -2.71. The highest BCUT2D eigenvalue weighted by Gasteiger charge is 2.45. The molecular weight excluding hydrogens is 684 g/mol. The van der Waals surface area contributed by atoms with Crippen molar-refractivity contribution in [3.63, 3.8) is 0 Å². The number of esters is 5. The third-order valence-corrected chi connectivity index (χ3v) is 9.88. The third-order valence-electron chi connectivity index (χ3n) is 9.88. The summed E-state index contributed by atoms with van der Waals surface area (Å²) in [4.78, 5) is 62.6. The van der Waals surface area contributed by atoms with Gasteiger partial charge in [0.2, 0.25) is 0 Å². The van der Waals surface area contributed by atoms with E-state index in [4.69, 9.17) is 14.2 Å². The van der Waals surface area contributed by atoms with Crippen molar-refractivity contribution in [1.82, 2.24) is 0 Å². The second-order valence-corrected chi connectivity index (χ2v) is 16.9. The number of hydrogen-bond acceptors (Lipinski definition) is 9. The van der Waals surface area contributed by atoms with Gasteiger partial charge in [-0.05, 0) is 38.5 Å². The van der Waals surface area contributed by atoms with Crippen LogP contribution in [0.3, 0.4) is 0 Å². The standard InChI is InChI=1S/C45H82O9/c1-37(2)31-27-23-19-15-11-7-9-13-17-21-25-29-33-40(46)53-43(49)36-45(51,35-42(48)52-39(5)6)44(50)54-41(47)34-30-26-22-18-14-10-8-12-16-20-24-28-32-38(3)4/h37-39,51H,7-36H2,1-6H3. The van der Waals surface area contributed by atoms with Crippen molar-refractivity contribution >= 4 is 29.8 Å².